The maximum absolute atomic E-state index is 13.4. The Bertz CT molecular complexity index is 1530. The smallest absolute Gasteiger partial charge is 0.274 e. The van der Waals surface area contributed by atoms with E-state index in [1.54, 1.807) is 6.33 Å². The number of hydrogen-bond acceptors (Lipinski definition) is 6. The summed E-state index contributed by atoms with van der Waals surface area (Å²) in [6.07, 6.45) is 9.34. The number of nitrogens with one attached hydrogen (secondary N) is 3. The molecule has 3 heterocycles. The summed E-state index contributed by atoms with van der Waals surface area (Å²) in [6, 6.07) is 14.0. The van der Waals surface area contributed by atoms with Crippen LogP contribution in [-0.2, 0) is 19.0 Å². The Balaban J connectivity index is 1.26. The van der Waals surface area contributed by atoms with Gasteiger partial charge >= 0.3 is 0 Å². The SMILES string of the molecule is Cn1cnnc1C1(c2cccc(NC(=O)c3cc(CNC4(C)CCC4)c4[nH]ccc4n3)c2)CC(CC#N)C1. The fourth-order valence-corrected chi connectivity index (χ4v) is 6.11. The van der Waals surface area contributed by atoms with Gasteiger partial charge in [-0.3, -0.25) is 4.79 Å². The highest BCUT2D eigenvalue weighted by molar-refractivity contribution is 6.04. The van der Waals surface area contributed by atoms with Crippen LogP contribution in [0, 0.1) is 17.2 Å². The molecule has 2 fully saturated rings. The van der Waals surface area contributed by atoms with Crippen molar-refractivity contribution in [3.05, 3.63) is 71.6 Å². The zero-order valence-electron chi connectivity index (χ0n) is 21.8. The number of pyridine rings is 1. The highest BCUT2D eigenvalue weighted by atomic mass is 16.1. The topological polar surface area (TPSA) is 124 Å². The molecule has 0 aliphatic heterocycles. The molecule has 9 heteroatoms. The Hall–Kier alpha value is -4.03. The summed E-state index contributed by atoms with van der Waals surface area (Å²) in [4.78, 5) is 21.3. The molecule has 194 valence electrons. The number of H-pyrrole nitrogens is 1. The summed E-state index contributed by atoms with van der Waals surface area (Å²) in [5.74, 6) is 0.957. The average Bonchev–Trinajstić information content (AvgIpc) is 3.52. The van der Waals surface area contributed by atoms with Crippen molar-refractivity contribution < 1.29 is 4.79 Å². The quantitative estimate of drug-likeness (QED) is 0.320. The summed E-state index contributed by atoms with van der Waals surface area (Å²) in [7, 11) is 1.95. The highest BCUT2D eigenvalue weighted by Gasteiger charge is 2.49. The lowest BCUT2D eigenvalue weighted by molar-refractivity contribution is 0.102. The Morgan fingerprint density at radius 1 is 1.26 bits per heavy atom. The summed E-state index contributed by atoms with van der Waals surface area (Å²) in [5.41, 5.74) is 4.76. The molecule has 2 saturated carbocycles. The minimum absolute atomic E-state index is 0.164. The Labute approximate surface area is 221 Å². The molecule has 1 aromatic carbocycles. The van der Waals surface area contributed by atoms with E-state index >= 15 is 0 Å². The van der Waals surface area contributed by atoms with Crippen molar-refractivity contribution >= 4 is 22.6 Å². The number of hydrogen-bond donors (Lipinski definition) is 3. The van der Waals surface area contributed by atoms with Crippen molar-refractivity contribution in [2.24, 2.45) is 13.0 Å². The fraction of sp³-hybridized carbons (Fsp3) is 0.414. The summed E-state index contributed by atoms with van der Waals surface area (Å²) < 4.78 is 1.95. The molecule has 1 amide bonds. The van der Waals surface area contributed by atoms with Gasteiger partial charge < -0.3 is 20.2 Å². The van der Waals surface area contributed by atoms with Crippen LogP contribution in [0.1, 0.15) is 72.9 Å². The number of aromatic nitrogens is 5. The summed E-state index contributed by atoms with van der Waals surface area (Å²) in [5, 5.41) is 24.5. The lowest BCUT2D eigenvalue weighted by Crippen LogP contribution is -2.47. The molecular weight excluding hydrogens is 476 g/mol. The van der Waals surface area contributed by atoms with Gasteiger partial charge in [0.25, 0.3) is 5.91 Å². The number of nitriles is 1. The Kier molecular flexibility index (Phi) is 6.00. The lowest BCUT2D eigenvalue weighted by Gasteiger charge is -2.46. The number of fused-ring (bicyclic) bond motifs is 1. The number of nitrogens with zero attached hydrogens (tertiary/aromatic N) is 5. The molecule has 38 heavy (non-hydrogen) atoms. The standard InChI is InChI=1S/C29H32N8O/c1-28(9-4-10-28)32-17-20-13-24(35-23-8-12-31-25(20)23)26(38)34-22-6-3-5-21(14-22)29(15-19(16-29)7-11-30)27-36-33-18-37(27)2/h3,5-6,8,12-14,18-19,31-32H,4,7,9-10,15-17H2,1-2H3,(H,34,38). The third kappa shape index (κ3) is 4.25. The predicted molar refractivity (Wildman–Crippen MR) is 144 cm³/mol. The molecule has 9 nitrogen and oxygen atoms in total. The Morgan fingerprint density at radius 2 is 2.11 bits per heavy atom. The molecular formula is C29H32N8O. The molecule has 0 atom stereocenters. The van der Waals surface area contributed by atoms with Crippen LogP contribution in [0.4, 0.5) is 5.69 Å². The molecule has 6 rings (SSSR count). The van der Waals surface area contributed by atoms with Gasteiger partial charge in [-0.05, 0) is 80.3 Å². The first-order valence-corrected chi connectivity index (χ1v) is 13.2. The van der Waals surface area contributed by atoms with Gasteiger partial charge in [0, 0.05) is 37.4 Å². The molecule has 2 aliphatic rings. The first-order valence-electron chi connectivity index (χ1n) is 13.2. The van der Waals surface area contributed by atoms with Gasteiger partial charge in [-0.2, -0.15) is 5.26 Å². The van der Waals surface area contributed by atoms with Gasteiger partial charge in [-0.15, -0.1) is 10.2 Å². The van der Waals surface area contributed by atoms with E-state index in [0.717, 1.165) is 40.8 Å². The second-order valence-electron chi connectivity index (χ2n) is 11.2. The van der Waals surface area contributed by atoms with Crippen LogP contribution >= 0.6 is 0 Å². The van der Waals surface area contributed by atoms with Crippen LogP contribution in [0.15, 0.2) is 48.9 Å². The number of aromatic amines is 1. The zero-order valence-corrected chi connectivity index (χ0v) is 21.8. The third-order valence-electron chi connectivity index (χ3n) is 8.46. The van der Waals surface area contributed by atoms with Crippen molar-refractivity contribution in [2.75, 3.05) is 5.32 Å². The zero-order chi connectivity index (χ0) is 26.3. The molecule has 0 unspecified atom stereocenters. The van der Waals surface area contributed by atoms with Gasteiger partial charge in [0.1, 0.15) is 17.8 Å². The molecule has 4 aromatic rings. The number of carbonyl (C=O) groups is 1. The van der Waals surface area contributed by atoms with Gasteiger partial charge in [0.15, 0.2) is 0 Å². The van der Waals surface area contributed by atoms with E-state index in [2.05, 4.69) is 49.9 Å². The van der Waals surface area contributed by atoms with Gasteiger partial charge in [-0.25, -0.2) is 4.98 Å². The molecule has 0 saturated heterocycles. The van der Waals surface area contributed by atoms with Crippen molar-refractivity contribution in [2.45, 2.75) is 62.9 Å². The van der Waals surface area contributed by atoms with E-state index in [9.17, 15) is 10.1 Å². The lowest BCUT2D eigenvalue weighted by atomic mass is 9.57. The number of benzene rings is 1. The summed E-state index contributed by atoms with van der Waals surface area (Å²) >= 11 is 0. The van der Waals surface area contributed by atoms with Gasteiger partial charge in [0.05, 0.1) is 22.5 Å². The summed E-state index contributed by atoms with van der Waals surface area (Å²) in [6.45, 7) is 2.93. The molecule has 3 aromatic heterocycles. The van der Waals surface area contributed by atoms with E-state index in [1.807, 2.05) is 48.1 Å². The normalized spacial score (nSPS) is 21.9. The van der Waals surface area contributed by atoms with Crippen LogP contribution < -0.4 is 10.6 Å². The minimum atomic E-state index is -0.327. The van der Waals surface area contributed by atoms with Crippen LogP contribution in [-0.4, -0.2) is 36.2 Å². The fourth-order valence-electron chi connectivity index (χ4n) is 6.11. The van der Waals surface area contributed by atoms with Crippen molar-refractivity contribution in [1.82, 2.24) is 30.0 Å². The molecule has 0 bridgehead atoms. The predicted octanol–water partition coefficient (Wildman–Crippen LogP) is 4.59. The number of anilines is 1. The van der Waals surface area contributed by atoms with Crippen molar-refractivity contribution in [3.63, 3.8) is 0 Å². The maximum Gasteiger partial charge on any atom is 0.274 e. The third-order valence-corrected chi connectivity index (χ3v) is 8.46. The van der Waals surface area contributed by atoms with E-state index in [-0.39, 0.29) is 16.9 Å². The van der Waals surface area contributed by atoms with E-state index in [0.29, 0.717) is 30.3 Å². The van der Waals surface area contributed by atoms with Crippen LogP contribution in [0.2, 0.25) is 0 Å². The number of aryl methyl sites for hydroxylation is 1. The molecule has 0 radical (unpaired) electrons. The van der Waals surface area contributed by atoms with E-state index in [4.69, 9.17) is 0 Å². The van der Waals surface area contributed by atoms with E-state index in [1.165, 1.54) is 19.3 Å². The molecule has 2 aliphatic carbocycles. The minimum Gasteiger partial charge on any atom is -0.360 e. The largest absolute Gasteiger partial charge is 0.360 e. The first kappa shape index (κ1) is 24.3. The second kappa shape index (κ2) is 9.37. The van der Waals surface area contributed by atoms with E-state index < -0.39 is 0 Å². The van der Waals surface area contributed by atoms with Crippen molar-refractivity contribution in [3.8, 4) is 6.07 Å². The number of carbonyl (C=O) groups excluding carboxylic acids is 1. The van der Waals surface area contributed by atoms with Gasteiger partial charge in [0.2, 0.25) is 0 Å². The second-order valence-corrected chi connectivity index (χ2v) is 11.2. The monoisotopic (exact) mass is 508 g/mol. The average molecular weight is 509 g/mol. The van der Waals surface area contributed by atoms with Gasteiger partial charge in [-0.1, -0.05) is 12.1 Å². The molecule has 0 spiro atoms. The van der Waals surface area contributed by atoms with Crippen molar-refractivity contribution in [1.29, 1.82) is 5.26 Å². The maximum atomic E-state index is 13.4. The molecule has 3 N–H and O–H groups in total. The highest BCUT2D eigenvalue weighted by Crippen LogP contribution is 2.53. The van der Waals surface area contributed by atoms with Crippen LogP contribution in [0.5, 0.6) is 0 Å². The number of rotatable bonds is 8. The van der Waals surface area contributed by atoms with Crippen LogP contribution in [0.3, 0.4) is 0 Å². The van der Waals surface area contributed by atoms with Crippen LogP contribution in [0.25, 0.3) is 11.0 Å². The number of amides is 1. The first-order chi connectivity index (χ1) is 18.4. The Morgan fingerprint density at radius 3 is 2.82 bits per heavy atom.